The number of aryl methyl sites for hydroxylation is 1. The minimum Gasteiger partial charge on any atom is -0.420 e. The summed E-state index contributed by atoms with van der Waals surface area (Å²) in [6, 6.07) is 5.56. The van der Waals surface area contributed by atoms with Crippen LogP contribution < -0.4 is 4.74 Å². The van der Waals surface area contributed by atoms with Gasteiger partial charge in [0.05, 0.1) is 0 Å². The second-order valence-corrected chi connectivity index (χ2v) is 3.73. The van der Waals surface area contributed by atoms with E-state index in [9.17, 15) is 22.8 Å². The van der Waals surface area contributed by atoms with Gasteiger partial charge in [0, 0.05) is 6.42 Å². The van der Waals surface area contributed by atoms with E-state index in [1.807, 2.05) is 0 Å². The van der Waals surface area contributed by atoms with Crippen LogP contribution >= 0.6 is 0 Å². The highest BCUT2D eigenvalue weighted by Crippen LogP contribution is 2.20. The second kappa shape index (κ2) is 5.66. The summed E-state index contributed by atoms with van der Waals surface area (Å²) >= 11 is 0. The molecule has 0 atom stereocenters. The molecule has 0 fully saturated rings. The van der Waals surface area contributed by atoms with Crippen molar-refractivity contribution in [2.75, 3.05) is 0 Å². The molecule has 18 heavy (non-hydrogen) atoms. The zero-order valence-electron chi connectivity index (χ0n) is 9.58. The Morgan fingerprint density at radius 1 is 1.17 bits per heavy atom. The van der Waals surface area contributed by atoms with Gasteiger partial charge in [0.15, 0.2) is 0 Å². The highest BCUT2D eigenvalue weighted by atomic mass is 19.4. The van der Waals surface area contributed by atoms with Gasteiger partial charge in [0.1, 0.15) is 11.5 Å². The summed E-state index contributed by atoms with van der Waals surface area (Å²) < 4.78 is 39.9. The maximum atomic E-state index is 11.9. The van der Waals surface area contributed by atoms with E-state index in [2.05, 4.69) is 4.74 Å². The van der Waals surface area contributed by atoms with Gasteiger partial charge in [0.25, 0.3) is 0 Å². The summed E-state index contributed by atoms with van der Waals surface area (Å²) in [5, 5.41) is 0. The fraction of sp³-hybridized carbons (Fsp3) is 0.333. The van der Waals surface area contributed by atoms with E-state index in [0.29, 0.717) is 12.8 Å². The Kier molecular flexibility index (Phi) is 4.47. The SMILES string of the molecule is CC(=O)CCc1ccc(OC(=O)C(F)(F)F)cc1. The minimum absolute atomic E-state index is 0.0302. The topological polar surface area (TPSA) is 43.4 Å². The largest absolute Gasteiger partial charge is 0.491 e. The Morgan fingerprint density at radius 3 is 2.17 bits per heavy atom. The van der Waals surface area contributed by atoms with Gasteiger partial charge in [-0.15, -0.1) is 0 Å². The highest BCUT2D eigenvalue weighted by Gasteiger charge is 2.41. The van der Waals surface area contributed by atoms with Crippen LogP contribution in [0.15, 0.2) is 24.3 Å². The molecular formula is C12H11F3O3. The third-order valence-electron chi connectivity index (χ3n) is 2.13. The fourth-order valence-corrected chi connectivity index (χ4v) is 1.21. The van der Waals surface area contributed by atoms with Gasteiger partial charge in [-0.1, -0.05) is 12.1 Å². The molecule has 0 aromatic heterocycles. The molecule has 98 valence electrons. The van der Waals surface area contributed by atoms with Crippen LogP contribution in [-0.4, -0.2) is 17.9 Å². The summed E-state index contributed by atoms with van der Waals surface area (Å²) in [7, 11) is 0. The molecule has 1 aromatic rings. The number of Topliss-reactive ketones (excluding diaryl/α,β-unsaturated/α-hetero) is 1. The zero-order chi connectivity index (χ0) is 13.8. The molecule has 0 aliphatic carbocycles. The molecule has 0 saturated carbocycles. The maximum Gasteiger partial charge on any atom is 0.491 e. The molecular weight excluding hydrogens is 249 g/mol. The van der Waals surface area contributed by atoms with Gasteiger partial charge in [-0.3, -0.25) is 0 Å². The molecule has 0 saturated heterocycles. The van der Waals surface area contributed by atoms with Crippen LogP contribution in [0.1, 0.15) is 18.9 Å². The summed E-state index contributed by atoms with van der Waals surface area (Å²) in [6.45, 7) is 1.46. The van der Waals surface area contributed by atoms with E-state index >= 15 is 0 Å². The van der Waals surface area contributed by atoms with Crippen LogP contribution in [0.5, 0.6) is 5.75 Å². The molecule has 0 spiro atoms. The number of ketones is 1. The van der Waals surface area contributed by atoms with E-state index in [1.165, 1.54) is 31.2 Å². The van der Waals surface area contributed by atoms with Crippen LogP contribution in [0, 0.1) is 0 Å². The quantitative estimate of drug-likeness (QED) is 0.617. The fourth-order valence-electron chi connectivity index (χ4n) is 1.21. The molecule has 0 N–H and O–H groups in total. The number of hydrogen-bond donors (Lipinski definition) is 0. The van der Waals surface area contributed by atoms with E-state index in [1.54, 1.807) is 0 Å². The molecule has 0 heterocycles. The van der Waals surface area contributed by atoms with Crippen molar-refractivity contribution in [3.05, 3.63) is 29.8 Å². The number of alkyl halides is 3. The first-order valence-corrected chi connectivity index (χ1v) is 5.16. The van der Waals surface area contributed by atoms with Crippen LogP contribution in [0.2, 0.25) is 0 Å². The van der Waals surface area contributed by atoms with Crippen LogP contribution in [0.25, 0.3) is 0 Å². The molecule has 3 nitrogen and oxygen atoms in total. The number of carbonyl (C=O) groups excluding carboxylic acids is 2. The molecule has 1 rings (SSSR count). The average Bonchev–Trinajstić information content (AvgIpc) is 2.26. The number of benzene rings is 1. The molecule has 0 aliphatic rings. The lowest BCUT2D eigenvalue weighted by atomic mass is 10.1. The van der Waals surface area contributed by atoms with Crippen molar-refractivity contribution in [3.63, 3.8) is 0 Å². The Labute approximate surface area is 102 Å². The van der Waals surface area contributed by atoms with E-state index in [-0.39, 0.29) is 11.5 Å². The monoisotopic (exact) mass is 260 g/mol. The number of esters is 1. The Morgan fingerprint density at radius 2 is 1.72 bits per heavy atom. The number of rotatable bonds is 4. The van der Waals surface area contributed by atoms with E-state index in [4.69, 9.17) is 0 Å². The number of ether oxygens (including phenoxy) is 1. The second-order valence-electron chi connectivity index (χ2n) is 3.73. The smallest absolute Gasteiger partial charge is 0.420 e. The number of halogens is 3. The Bertz CT molecular complexity index is 435. The average molecular weight is 260 g/mol. The number of hydrogen-bond acceptors (Lipinski definition) is 3. The van der Waals surface area contributed by atoms with Crippen LogP contribution in [0.4, 0.5) is 13.2 Å². The minimum atomic E-state index is -5.01. The van der Waals surface area contributed by atoms with Crippen molar-refractivity contribution in [1.29, 1.82) is 0 Å². The van der Waals surface area contributed by atoms with Gasteiger partial charge in [0.2, 0.25) is 0 Å². The number of carbonyl (C=O) groups is 2. The van der Waals surface area contributed by atoms with Gasteiger partial charge < -0.3 is 9.53 Å². The van der Waals surface area contributed by atoms with Gasteiger partial charge in [-0.05, 0) is 31.0 Å². The van der Waals surface area contributed by atoms with E-state index < -0.39 is 12.1 Å². The first-order valence-electron chi connectivity index (χ1n) is 5.16. The molecule has 0 amide bonds. The lowest BCUT2D eigenvalue weighted by molar-refractivity contribution is -0.189. The Hall–Kier alpha value is -1.85. The third kappa shape index (κ3) is 4.57. The lowest BCUT2D eigenvalue weighted by Crippen LogP contribution is -2.27. The predicted octanol–water partition coefficient (Wildman–Crippen LogP) is 2.68. The molecule has 6 heteroatoms. The van der Waals surface area contributed by atoms with Crippen LogP contribution in [-0.2, 0) is 16.0 Å². The maximum absolute atomic E-state index is 11.9. The summed E-state index contributed by atoms with van der Waals surface area (Å²) in [5.41, 5.74) is 0.789. The molecule has 0 radical (unpaired) electrons. The standard InChI is InChI=1S/C12H11F3O3/c1-8(16)2-3-9-4-6-10(7-5-9)18-11(17)12(13,14)15/h4-7H,2-3H2,1H3. The predicted molar refractivity (Wildman–Crippen MR) is 57.1 cm³/mol. The van der Waals surface area contributed by atoms with Gasteiger partial charge >= 0.3 is 12.1 Å². The van der Waals surface area contributed by atoms with Crippen LogP contribution in [0.3, 0.4) is 0 Å². The molecule has 0 bridgehead atoms. The van der Waals surface area contributed by atoms with Gasteiger partial charge in [-0.2, -0.15) is 13.2 Å². The zero-order valence-corrected chi connectivity index (χ0v) is 9.58. The van der Waals surface area contributed by atoms with Crippen molar-refractivity contribution < 1.29 is 27.5 Å². The van der Waals surface area contributed by atoms with Crippen molar-refractivity contribution in [2.24, 2.45) is 0 Å². The molecule has 0 unspecified atom stereocenters. The molecule has 0 aliphatic heterocycles. The summed E-state index contributed by atoms with van der Waals surface area (Å²) in [4.78, 5) is 21.3. The van der Waals surface area contributed by atoms with Crippen molar-refractivity contribution in [2.45, 2.75) is 25.9 Å². The lowest BCUT2D eigenvalue weighted by Gasteiger charge is -2.07. The normalized spacial score (nSPS) is 11.1. The summed E-state index contributed by atoms with van der Waals surface area (Å²) in [5.74, 6) is -2.40. The highest BCUT2D eigenvalue weighted by molar-refractivity contribution is 5.78. The van der Waals surface area contributed by atoms with Gasteiger partial charge in [-0.25, -0.2) is 4.79 Å². The summed E-state index contributed by atoms with van der Waals surface area (Å²) in [6.07, 6.45) is -4.14. The van der Waals surface area contributed by atoms with E-state index in [0.717, 1.165) is 5.56 Å². The first-order chi connectivity index (χ1) is 8.29. The third-order valence-corrected chi connectivity index (χ3v) is 2.13. The van der Waals surface area contributed by atoms with Crippen molar-refractivity contribution in [3.8, 4) is 5.75 Å². The first kappa shape index (κ1) is 14.2. The Balaban J connectivity index is 2.60. The van der Waals surface area contributed by atoms with Crippen molar-refractivity contribution in [1.82, 2.24) is 0 Å². The van der Waals surface area contributed by atoms with Crippen molar-refractivity contribution >= 4 is 11.8 Å². The molecule has 1 aromatic carbocycles.